The average Bonchev–Trinajstić information content (AvgIpc) is 2.16. The molecule has 1 rings (SSSR count). The molecule has 0 saturated carbocycles. The topological polar surface area (TPSA) is 66.9 Å². The molecular weight excluding hydrogens is 318 g/mol. The Hall–Kier alpha value is -0.870. The van der Waals surface area contributed by atoms with Gasteiger partial charge in [0.25, 0.3) is 5.69 Å². The lowest BCUT2D eigenvalue weighted by Gasteiger charge is -2.01. The van der Waals surface area contributed by atoms with Gasteiger partial charge in [0.05, 0.1) is 16.4 Å². The van der Waals surface area contributed by atoms with Gasteiger partial charge in [0.2, 0.25) is 0 Å². The van der Waals surface area contributed by atoms with Gasteiger partial charge in [0, 0.05) is 15.2 Å². The third kappa shape index (κ3) is 2.13. The number of halogens is 2. The molecule has 0 aliphatic rings. The van der Waals surface area contributed by atoms with Crippen LogP contribution in [0.4, 0.5) is 5.69 Å². The van der Waals surface area contributed by atoms with Crippen LogP contribution in [-0.4, -0.2) is 4.92 Å². The van der Waals surface area contributed by atoms with E-state index in [-0.39, 0.29) is 11.6 Å². The maximum absolute atomic E-state index is 10.6. The summed E-state index contributed by atoms with van der Waals surface area (Å²) in [6.45, 7) is 0. The van der Waals surface area contributed by atoms with Crippen LogP contribution in [0.5, 0.6) is 0 Å². The number of nitriles is 1. The van der Waals surface area contributed by atoms with Gasteiger partial charge >= 0.3 is 0 Å². The van der Waals surface area contributed by atoms with E-state index in [0.717, 1.165) is 0 Å². The number of rotatable bonds is 2. The Labute approximate surface area is 98.8 Å². The van der Waals surface area contributed by atoms with Gasteiger partial charge in [-0.05, 0) is 28.7 Å². The van der Waals surface area contributed by atoms with Crippen LogP contribution >= 0.6 is 34.2 Å². The van der Waals surface area contributed by atoms with Crippen molar-refractivity contribution in [1.82, 2.24) is 0 Å². The first-order valence-electron chi connectivity index (χ1n) is 3.53. The normalized spacial score (nSPS) is 9.50. The first-order chi connectivity index (χ1) is 6.60. The SMILES string of the molecule is N#Cc1cc([N+](=O)[O-])c(CCl)cc1I. The van der Waals surface area contributed by atoms with Gasteiger partial charge in [0.15, 0.2) is 0 Å². The predicted octanol–water partition coefficient (Wildman–Crippen LogP) is 2.81. The molecule has 0 amide bonds. The predicted molar refractivity (Wildman–Crippen MR) is 60.1 cm³/mol. The van der Waals surface area contributed by atoms with Crippen LogP contribution in [0.1, 0.15) is 11.1 Å². The molecule has 1 aromatic carbocycles. The van der Waals surface area contributed by atoms with E-state index in [4.69, 9.17) is 16.9 Å². The third-order valence-electron chi connectivity index (χ3n) is 1.63. The highest BCUT2D eigenvalue weighted by Gasteiger charge is 2.16. The van der Waals surface area contributed by atoms with Crippen LogP contribution in [0.2, 0.25) is 0 Å². The highest BCUT2D eigenvalue weighted by Crippen LogP contribution is 2.25. The van der Waals surface area contributed by atoms with Crippen LogP contribution < -0.4 is 0 Å². The quantitative estimate of drug-likeness (QED) is 0.364. The Morgan fingerprint density at radius 3 is 2.71 bits per heavy atom. The number of hydrogen-bond acceptors (Lipinski definition) is 3. The van der Waals surface area contributed by atoms with E-state index >= 15 is 0 Å². The number of benzene rings is 1. The highest BCUT2D eigenvalue weighted by atomic mass is 127. The molecule has 0 heterocycles. The molecule has 0 saturated heterocycles. The van der Waals surface area contributed by atoms with E-state index < -0.39 is 4.92 Å². The molecule has 14 heavy (non-hydrogen) atoms. The zero-order valence-corrected chi connectivity index (χ0v) is 9.74. The Morgan fingerprint density at radius 1 is 1.64 bits per heavy atom. The smallest absolute Gasteiger partial charge is 0.258 e. The van der Waals surface area contributed by atoms with E-state index in [0.29, 0.717) is 14.7 Å². The molecule has 0 aliphatic carbocycles. The van der Waals surface area contributed by atoms with Crippen LogP contribution in [0.25, 0.3) is 0 Å². The van der Waals surface area contributed by atoms with Gasteiger partial charge in [0.1, 0.15) is 6.07 Å². The van der Waals surface area contributed by atoms with Crippen molar-refractivity contribution in [3.8, 4) is 6.07 Å². The zero-order valence-electron chi connectivity index (χ0n) is 6.83. The van der Waals surface area contributed by atoms with E-state index in [9.17, 15) is 10.1 Å². The van der Waals surface area contributed by atoms with Crippen molar-refractivity contribution in [3.05, 3.63) is 36.9 Å². The molecular formula is C8H4ClIN2O2. The lowest BCUT2D eigenvalue weighted by atomic mass is 10.1. The molecule has 4 nitrogen and oxygen atoms in total. The molecule has 1 aromatic rings. The van der Waals surface area contributed by atoms with Gasteiger partial charge < -0.3 is 0 Å². The fraction of sp³-hybridized carbons (Fsp3) is 0.125. The molecule has 0 aliphatic heterocycles. The van der Waals surface area contributed by atoms with Crippen molar-refractivity contribution in [3.63, 3.8) is 0 Å². The molecule has 0 N–H and O–H groups in total. The summed E-state index contributed by atoms with van der Waals surface area (Å²) in [6.07, 6.45) is 0. The summed E-state index contributed by atoms with van der Waals surface area (Å²) in [5.41, 5.74) is 0.628. The van der Waals surface area contributed by atoms with Crippen molar-refractivity contribution in [2.24, 2.45) is 0 Å². The van der Waals surface area contributed by atoms with Crippen molar-refractivity contribution in [2.75, 3.05) is 0 Å². The van der Waals surface area contributed by atoms with Crippen LogP contribution in [0, 0.1) is 25.0 Å². The van der Waals surface area contributed by atoms with Crippen molar-refractivity contribution < 1.29 is 4.92 Å². The van der Waals surface area contributed by atoms with Crippen LogP contribution in [0.3, 0.4) is 0 Å². The van der Waals surface area contributed by atoms with Crippen molar-refractivity contribution >= 4 is 39.9 Å². The first-order valence-corrected chi connectivity index (χ1v) is 5.14. The van der Waals surface area contributed by atoms with Crippen molar-refractivity contribution in [2.45, 2.75) is 5.88 Å². The monoisotopic (exact) mass is 322 g/mol. The van der Waals surface area contributed by atoms with Gasteiger partial charge in [-0.1, -0.05) is 0 Å². The average molecular weight is 322 g/mol. The second-order valence-corrected chi connectivity index (χ2v) is 3.89. The fourth-order valence-corrected chi connectivity index (χ4v) is 1.83. The molecule has 0 atom stereocenters. The molecule has 0 fully saturated rings. The largest absolute Gasteiger partial charge is 0.275 e. The maximum Gasteiger partial charge on any atom is 0.275 e. The Bertz CT molecular complexity index is 428. The number of nitrogens with zero attached hydrogens (tertiary/aromatic N) is 2. The summed E-state index contributed by atoms with van der Waals surface area (Å²) in [4.78, 5) is 10.1. The summed E-state index contributed by atoms with van der Waals surface area (Å²) in [5, 5.41) is 19.3. The molecule has 0 bridgehead atoms. The summed E-state index contributed by atoms with van der Waals surface area (Å²) in [5.74, 6) is 0.0675. The minimum absolute atomic E-state index is 0.0675. The van der Waals surface area contributed by atoms with Crippen LogP contribution in [0.15, 0.2) is 12.1 Å². The van der Waals surface area contributed by atoms with Gasteiger partial charge in [-0.2, -0.15) is 5.26 Å². The van der Waals surface area contributed by atoms with Gasteiger partial charge in [-0.25, -0.2) is 0 Å². The molecule has 6 heteroatoms. The lowest BCUT2D eigenvalue weighted by Crippen LogP contribution is -1.96. The molecule has 0 unspecified atom stereocenters. The van der Waals surface area contributed by atoms with Crippen LogP contribution in [-0.2, 0) is 5.88 Å². The second kappa shape index (κ2) is 4.57. The third-order valence-corrected chi connectivity index (χ3v) is 2.81. The number of hydrogen-bond donors (Lipinski definition) is 0. The summed E-state index contributed by atoms with van der Waals surface area (Å²) in [7, 11) is 0. The number of alkyl halides is 1. The Balaban J connectivity index is 3.42. The van der Waals surface area contributed by atoms with Gasteiger partial charge in [-0.15, -0.1) is 11.6 Å². The van der Waals surface area contributed by atoms with E-state index in [1.165, 1.54) is 6.07 Å². The Kier molecular flexibility index (Phi) is 3.66. The molecule has 0 spiro atoms. The second-order valence-electron chi connectivity index (χ2n) is 2.46. The minimum Gasteiger partial charge on any atom is -0.258 e. The number of nitro benzene ring substituents is 1. The van der Waals surface area contributed by atoms with Crippen molar-refractivity contribution in [1.29, 1.82) is 5.26 Å². The minimum atomic E-state index is -0.533. The lowest BCUT2D eigenvalue weighted by molar-refractivity contribution is -0.385. The number of nitro groups is 1. The van der Waals surface area contributed by atoms with E-state index in [1.54, 1.807) is 6.07 Å². The molecule has 72 valence electrons. The van der Waals surface area contributed by atoms with Gasteiger partial charge in [-0.3, -0.25) is 10.1 Å². The first kappa shape index (κ1) is 11.2. The standard InChI is InChI=1S/C8H4ClIN2O2/c9-3-5-1-7(10)6(4-11)2-8(5)12(13)14/h1-2H,3H2. The summed E-state index contributed by atoms with van der Waals surface area (Å²) >= 11 is 7.50. The summed E-state index contributed by atoms with van der Waals surface area (Å²) in [6, 6.07) is 4.70. The van der Waals surface area contributed by atoms with E-state index in [2.05, 4.69) is 0 Å². The maximum atomic E-state index is 10.6. The molecule has 0 aromatic heterocycles. The Morgan fingerprint density at radius 2 is 2.29 bits per heavy atom. The summed E-state index contributed by atoms with van der Waals surface area (Å²) < 4.78 is 0.673. The molecule has 0 radical (unpaired) electrons. The highest BCUT2D eigenvalue weighted by molar-refractivity contribution is 14.1. The van der Waals surface area contributed by atoms with E-state index in [1.807, 2.05) is 28.7 Å². The fourth-order valence-electron chi connectivity index (χ4n) is 0.966. The zero-order chi connectivity index (χ0) is 10.7.